The summed E-state index contributed by atoms with van der Waals surface area (Å²) in [5.41, 5.74) is 7.45. The van der Waals surface area contributed by atoms with Crippen molar-refractivity contribution in [2.24, 2.45) is 0 Å². The summed E-state index contributed by atoms with van der Waals surface area (Å²) in [5, 5.41) is 3.33. The van der Waals surface area contributed by atoms with Crippen molar-refractivity contribution in [3.05, 3.63) is 30.7 Å². The Hall–Kier alpha value is -2.21. The molecule has 6 heteroatoms. The Bertz CT molecular complexity index is 549. The third-order valence-corrected chi connectivity index (χ3v) is 3.33. The second-order valence-electron chi connectivity index (χ2n) is 4.80. The van der Waals surface area contributed by atoms with Crippen LogP contribution in [0.25, 0.3) is 11.1 Å². The summed E-state index contributed by atoms with van der Waals surface area (Å²) < 4.78 is 5.33. The number of hydrogen-bond acceptors (Lipinski definition) is 6. The third-order valence-electron chi connectivity index (χ3n) is 3.33. The van der Waals surface area contributed by atoms with Crippen LogP contribution < -0.4 is 11.1 Å². The zero-order valence-electron chi connectivity index (χ0n) is 11.1. The second kappa shape index (κ2) is 5.83. The van der Waals surface area contributed by atoms with Crippen molar-refractivity contribution in [3.63, 3.8) is 0 Å². The van der Waals surface area contributed by atoms with E-state index in [0.29, 0.717) is 17.8 Å². The SMILES string of the molecule is Nc1ccc(-c2cnc(NC3CCOCC3)nc2)cn1. The molecule has 0 amide bonds. The van der Waals surface area contributed by atoms with Crippen LogP contribution in [-0.4, -0.2) is 34.2 Å². The van der Waals surface area contributed by atoms with Crippen molar-refractivity contribution >= 4 is 11.8 Å². The van der Waals surface area contributed by atoms with Gasteiger partial charge in [-0.15, -0.1) is 0 Å². The zero-order chi connectivity index (χ0) is 13.8. The first-order chi connectivity index (χ1) is 9.81. The fraction of sp³-hybridized carbons (Fsp3) is 0.357. The second-order valence-corrected chi connectivity index (χ2v) is 4.80. The Kier molecular flexibility index (Phi) is 3.73. The van der Waals surface area contributed by atoms with Crippen LogP contribution in [0.1, 0.15) is 12.8 Å². The molecule has 1 fully saturated rings. The number of aromatic nitrogens is 3. The highest BCUT2D eigenvalue weighted by Crippen LogP contribution is 2.18. The Labute approximate surface area is 117 Å². The van der Waals surface area contributed by atoms with Gasteiger partial charge in [0.15, 0.2) is 0 Å². The molecule has 3 N–H and O–H groups in total. The van der Waals surface area contributed by atoms with E-state index in [2.05, 4.69) is 20.3 Å². The minimum atomic E-state index is 0.396. The van der Waals surface area contributed by atoms with Crippen molar-refractivity contribution in [2.75, 3.05) is 24.3 Å². The maximum Gasteiger partial charge on any atom is 0.222 e. The Balaban J connectivity index is 1.69. The molecule has 0 saturated carbocycles. The van der Waals surface area contributed by atoms with Crippen LogP contribution in [0.2, 0.25) is 0 Å². The quantitative estimate of drug-likeness (QED) is 0.884. The number of rotatable bonds is 3. The molecule has 0 radical (unpaired) electrons. The van der Waals surface area contributed by atoms with Gasteiger partial charge in [0.2, 0.25) is 5.95 Å². The molecule has 6 nitrogen and oxygen atoms in total. The summed E-state index contributed by atoms with van der Waals surface area (Å²) in [6.45, 7) is 1.60. The number of nitrogens with one attached hydrogen (secondary N) is 1. The molecule has 0 aromatic carbocycles. The highest BCUT2D eigenvalue weighted by Gasteiger charge is 2.14. The Morgan fingerprint density at radius 2 is 1.70 bits per heavy atom. The number of nitrogen functional groups attached to an aromatic ring is 1. The van der Waals surface area contributed by atoms with Crippen molar-refractivity contribution in [1.29, 1.82) is 0 Å². The topological polar surface area (TPSA) is 86.0 Å². The summed E-state index contributed by atoms with van der Waals surface area (Å²) in [4.78, 5) is 12.8. The maximum atomic E-state index is 5.57. The van der Waals surface area contributed by atoms with E-state index in [0.717, 1.165) is 37.2 Å². The molecule has 2 aromatic heterocycles. The number of pyridine rings is 1. The lowest BCUT2D eigenvalue weighted by Crippen LogP contribution is -2.28. The van der Waals surface area contributed by atoms with Crippen molar-refractivity contribution < 1.29 is 4.74 Å². The number of ether oxygens (including phenoxy) is 1. The number of nitrogens with zero attached hydrogens (tertiary/aromatic N) is 3. The summed E-state index contributed by atoms with van der Waals surface area (Å²) >= 11 is 0. The molecule has 0 unspecified atom stereocenters. The van der Waals surface area contributed by atoms with Crippen LogP contribution in [0.3, 0.4) is 0 Å². The van der Waals surface area contributed by atoms with Gasteiger partial charge in [0.1, 0.15) is 5.82 Å². The highest BCUT2D eigenvalue weighted by molar-refractivity contribution is 5.62. The number of nitrogens with two attached hydrogens (primary N) is 1. The first kappa shape index (κ1) is 12.8. The van der Waals surface area contributed by atoms with Crippen LogP contribution in [0, 0.1) is 0 Å². The Morgan fingerprint density at radius 3 is 2.35 bits per heavy atom. The van der Waals surface area contributed by atoms with E-state index < -0.39 is 0 Å². The maximum absolute atomic E-state index is 5.57. The van der Waals surface area contributed by atoms with Crippen LogP contribution >= 0.6 is 0 Å². The van der Waals surface area contributed by atoms with E-state index in [1.807, 2.05) is 6.07 Å². The van der Waals surface area contributed by atoms with E-state index in [1.54, 1.807) is 24.7 Å². The Morgan fingerprint density at radius 1 is 1.00 bits per heavy atom. The van der Waals surface area contributed by atoms with Crippen LogP contribution in [0.4, 0.5) is 11.8 Å². The average molecular weight is 271 g/mol. The molecule has 0 atom stereocenters. The number of anilines is 2. The van der Waals surface area contributed by atoms with E-state index in [4.69, 9.17) is 10.5 Å². The molecule has 1 aliphatic rings. The van der Waals surface area contributed by atoms with Gasteiger partial charge in [0.05, 0.1) is 0 Å². The monoisotopic (exact) mass is 271 g/mol. The van der Waals surface area contributed by atoms with Crippen LogP contribution in [0.15, 0.2) is 30.7 Å². The predicted octanol–water partition coefficient (Wildman–Crippen LogP) is 1.71. The van der Waals surface area contributed by atoms with Crippen LogP contribution in [-0.2, 0) is 4.74 Å². The van der Waals surface area contributed by atoms with Gasteiger partial charge in [0.25, 0.3) is 0 Å². The van der Waals surface area contributed by atoms with Gasteiger partial charge >= 0.3 is 0 Å². The van der Waals surface area contributed by atoms with Gasteiger partial charge in [-0.3, -0.25) is 0 Å². The van der Waals surface area contributed by atoms with E-state index in [-0.39, 0.29) is 0 Å². The molecule has 3 heterocycles. The minimum absolute atomic E-state index is 0.396. The lowest BCUT2D eigenvalue weighted by atomic mass is 10.1. The fourth-order valence-electron chi connectivity index (χ4n) is 2.15. The highest BCUT2D eigenvalue weighted by atomic mass is 16.5. The van der Waals surface area contributed by atoms with Crippen molar-refractivity contribution in [3.8, 4) is 11.1 Å². The molecule has 20 heavy (non-hydrogen) atoms. The number of hydrogen-bond donors (Lipinski definition) is 2. The first-order valence-electron chi connectivity index (χ1n) is 6.69. The van der Waals surface area contributed by atoms with E-state index in [9.17, 15) is 0 Å². The van der Waals surface area contributed by atoms with Crippen LogP contribution in [0.5, 0.6) is 0 Å². The zero-order valence-corrected chi connectivity index (χ0v) is 11.1. The van der Waals surface area contributed by atoms with Gasteiger partial charge in [-0.25, -0.2) is 15.0 Å². The summed E-state index contributed by atoms with van der Waals surface area (Å²) in [6.07, 6.45) is 7.29. The van der Waals surface area contributed by atoms with Gasteiger partial charge in [-0.05, 0) is 25.0 Å². The molecular formula is C14H17N5O. The summed E-state index contributed by atoms with van der Waals surface area (Å²) in [5.74, 6) is 1.16. The standard InChI is InChI=1S/C14H17N5O/c15-13-2-1-10(7-16-13)11-8-17-14(18-9-11)19-12-3-5-20-6-4-12/h1-2,7-9,12H,3-6H2,(H2,15,16)(H,17,18,19). The van der Waals surface area contributed by atoms with Gasteiger partial charge in [-0.1, -0.05) is 0 Å². The van der Waals surface area contributed by atoms with E-state index >= 15 is 0 Å². The molecule has 1 saturated heterocycles. The minimum Gasteiger partial charge on any atom is -0.384 e. The van der Waals surface area contributed by atoms with Crippen molar-refractivity contribution in [2.45, 2.75) is 18.9 Å². The van der Waals surface area contributed by atoms with Crippen molar-refractivity contribution in [1.82, 2.24) is 15.0 Å². The smallest absolute Gasteiger partial charge is 0.222 e. The molecule has 2 aromatic rings. The largest absolute Gasteiger partial charge is 0.384 e. The first-order valence-corrected chi connectivity index (χ1v) is 6.69. The van der Waals surface area contributed by atoms with Gasteiger partial charge in [-0.2, -0.15) is 0 Å². The molecule has 1 aliphatic heterocycles. The van der Waals surface area contributed by atoms with Gasteiger partial charge in [0, 0.05) is 49.0 Å². The van der Waals surface area contributed by atoms with E-state index in [1.165, 1.54) is 0 Å². The lowest BCUT2D eigenvalue weighted by molar-refractivity contribution is 0.0903. The molecule has 0 spiro atoms. The fourth-order valence-corrected chi connectivity index (χ4v) is 2.15. The predicted molar refractivity (Wildman–Crippen MR) is 77.1 cm³/mol. The molecule has 3 rings (SSSR count). The normalized spacial score (nSPS) is 16.0. The average Bonchev–Trinajstić information content (AvgIpc) is 2.50. The molecule has 0 aliphatic carbocycles. The third kappa shape index (κ3) is 3.03. The molecular weight excluding hydrogens is 254 g/mol. The summed E-state index contributed by atoms with van der Waals surface area (Å²) in [7, 11) is 0. The van der Waals surface area contributed by atoms with Gasteiger partial charge < -0.3 is 15.8 Å². The molecule has 0 bridgehead atoms. The summed E-state index contributed by atoms with van der Waals surface area (Å²) in [6, 6.07) is 4.07. The lowest BCUT2D eigenvalue weighted by Gasteiger charge is -2.22. The molecule has 104 valence electrons.